The quantitative estimate of drug-likeness (QED) is 0.326. The number of ether oxygens (including phenoxy) is 4. The van der Waals surface area contributed by atoms with Crippen LogP contribution >= 0.6 is 11.3 Å². The number of thiophene rings is 1. The molecule has 0 atom stereocenters. The van der Waals surface area contributed by atoms with Gasteiger partial charge in [0.15, 0.2) is 17.3 Å². The lowest BCUT2D eigenvalue weighted by Crippen LogP contribution is -2.05. The van der Waals surface area contributed by atoms with E-state index in [2.05, 4.69) is 15.3 Å². The Morgan fingerprint density at radius 2 is 1.74 bits per heavy atom. The lowest BCUT2D eigenvalue weighted by atomic mass is 9.99. The van der Waals surface area contributed by atoms with Crippen LogP contribution in [0.4, 0.5) is 11.5 Å². The average Bonchev–Trinajstić information content (AvgIpc) is 3.28. The molecule has 8 nitrogen and oxygen atoms in total. The highest BCUT2D eigenvalue weighted by Crippen LogP contribution is 2.42. The summed E-state index contributed by atoms with van der Waals surface area (Å²) in [5.74, 6) is 1.89. The Labute approximate surface area is 201 Å². The summed E-state index contributed by atoms with van der Waals surface area (Å²) in [5.41, 5.74) is 4.91. The van der Waals surface area contributed by atoms with Crippen molar-refractivity contribution in [3.63, 3.8) is 0 Å². The molecule has 0 fully saturated rings. The SMILES string of the molecule is CCOC(=O)c1ccc(C)c(-c2csc3c(Nc4cc(OC)c(OC)c(OC)c4)ncnc23)c1. The summed E-state index contributed by atoms with van der Waals surface area (Å²) in [6, 6.07) is 9.18. The summed E-state index contributed by atoms with van der Waals surface area (Å²) in [6.07, 6.45) is 1.52. The maximum atomic E-state index is 12.3. The predicted octanol–water partition coefficient (Wildman–Crippen LogP) is 5.61. The lowest BCUT2D eigenvalue weighted by molar-refractivity contribution is 0.0526. The molecule has 0 saturated heterocycles. The van der Waals surface area contributed by atoms with Crippen LogP contribution < -0.4 is 19.5 Å². The normalized spacial score (nSPS) is 10.7. The minimum Gasteiger partial charge on any atom is -0.493 e. The molecular formula is C25H25N3O5S. The van der Waals surface area contributed by atoms with Gasteiger partial charge in [0.05, 0.1) is 43.7 Å². The van der Waals surface area contributed by atoms with E-state index < -0.39 is 0 Å². The Bertz CT molecular complexity index is 1330. The number of esters is 1. The van der Waals surface area contributed by atoms with Crippen molar-refractivity contribution in [1.82, 2.24) is 9.97 Å². The third-order valence-electron chi connectivity index (χ3n) is 5.32. The van der Waals surface area contributed by atoms with Crippen molar-refractivity contribution in [2.24, 2.45) is 0 Å². The topological polar surface area (TPSA) is 91.8 Å². The van der Waals surface area contributed by atoms with E-state index in [1.807, 2.05) is 36.6 Å². The predicted molar refractivity (Wildman–Crippen MR) is 133 cm³/mol. The molecule has 0 aliphatic heterocycles. The van der Waals surface area contributed by atoms with Crippen LogP contribution in [0.2, 0.25) is 0 Å². The third-order valence-corrected chi connectivity index (χ3v) is 6.30. The van der Waals surface area contributed by atoms with Gasteiger partial charge in [-0.3, -0.25) is 0 Å². The maximum Gasteiger partial charge on any atom is 0.338 e. The molecule has 34 heavy (non-hydrogen) atoms. The number of methoxy groups -OCH3 is 3. The number of hydrogen-bond donors (Lipinski definition) is 1. The van der Waals surface area contributed by atoms with E-state index in [9.17, 15) is 4.79 Å². The molecule has 2 aromatic heterocycles. The van der Waals surface area contributed by atoms with E-state index >= 15 is 0 Å². The van der Waals surface area contributed by atoms with Crippen molar-refractivity contribution in [2.45, 2.75) is 13.8 Å². The van der Waals surface area contributed by atoms with Crippen molar-refractivity contribution in [1.29, 1.82) is 0 Å². The lowest BCUT2D eigenvalue weighted by Gasteiger charge is -2.15. The molecule has 0 bridgehead atoms. The monoisotopic (exact) mass is 479 g/mol. The van der Waals surface area contributed by atoms with Crippen LogP contribution in [0.15, 0.2) is 42.0 Å². The summed E-state index contributed by atoms with van der Waals surface area (Å²) in [5, 5.41) is 5.37. The molecule has 0 spiro atoms. The van der Waals surface area contributed by atoms with Gasteiger partial charge in [0.2, 0.25) is 5.75 Å². The Morgan fingerprint density at radius 1 is 1.00 bits per heavy atom. The van der Waals surface area contributed by atoms with Gasteiger partial charge in [-0.05, 0) is 37.1 Å². The molecule has 9 heteroatoms. The minimum absolute atomic E-state index is 0.326. The molecule has 4 aromatic rings. The summed E-state index contributed by atoms with van der Waals surface area (Å²) in [4.78, 5) is 21.3. The molecule has 2 heterocycles. The number of nitrogens with zero attached hydrogens (tertiary/aromatic N) is 2. The second kappa shape index (κ2) is 9.96. The number of aromatic nitrogens is 2. The van der Waals surface area contributed by atoms with Crippen molar-refractivity contribution >= 4 is 39.0 Å². The first kappa shape index (κ1) is 23.3. The van der Waals surface area contributed by atoms with Crippen LogP contribution in [0.25, 0.3) is 21.3 Å². The molecule has 176 valence electrons. The van der Waals surface area contributed by atoms with Crippen molar-refractivity contribution in [3.05, 3.63) is 53.2 Å². The Morgan fingerprint density at radius 3 is 2.38 bits per heavy atom. The fraction of sp³-hybridized carbons (Fsp3) is 0.240. The van der Waals surface area contributed by atoms with Crippen molar-refractivity contribution in [2.75, 3.05) is 33.3 Å². The van der Waals surface area contributed by atoms with Crippen LogP contribution in [-0.4, -0.2) is 43.9 Å². The van der Waals surface area contributed by atoms with Crippen LogP contribution in [-0.2, 0) is 4.74 Å². The first-order valence-corrected chi connectivity index (χ1v) is 11.5. The van der Waals surface area contributed by atoms with Gasteiger partial charge in [-0.25, -0.2) is 14.8 Å². The van der Waals surface area contributed by atoms with E-state index in [4.69, 9.17) is 18.9 Å². The third kappa shape index (κ3) is 4.34. The molecule has 2 aromatic carbocycles. The molecular weight excluding hydrogens is 454 g/mol. The van der Waals surface area contributed by atoms with Gasteiger partial charge in [0.1, 0.15) is 6.33 Å². The molecule has 0 amide bonds. The van der Waals surface area contributed by atoms with Crippen LogP contribution in [0, 0.1) is 6.92 Å². The number of carbonyl (C=O) groups is 1. The molecule has 0 saturated carbocycles. The van der Waals surface area contributed by atoms with Crippen LogP contribution in [0.1, 0.15) is 22.8 Å². The molecule has 1 N–H and O–H groups in total. The summed E-state index contributed by atoms with van der Waals surface area (Å²) >= 11 is 1.52. The number of fused-ring (bicyclic) bond motifs is 1. The van der Waals surface area contributed by atoms with Gasteiger partial charge in [0, 0.05) is 28.8 Å². The Balaban J connectivity index is 1.76. The smallest absolute Gasteiger partial charge is 0.338 e. The second-order valence-corrected chi connectivity index (χ2v) is 8.22. The molecule has 0 aliphatic rings. The standard InChI is InChI=1S/C25H25N3O5S/c1-6-33-25(29)15-8-7-14(2)17(9-15)18-12-34-23-21(18)26-13-27-24(23)28-16-10-19(30-3)22(32-5)20(11-16)31-4/h7-13H,6H2,1-5H3,(H,26,27,28). The average molecular weight is 480 g/mol. The fourth-order valence-electron chi connectivity index (χ4n) is 3.67. The van der Waals surface area contributed by atoms with Gasteiger partial charge >= 0.3 is 5.97 Å². The summed E-state index contributed by atoms with van der Waals surface area (Å²) in [7, 11) is 4.71. The van der Waals surface area contributed by atoms with Gasteiger partial charge in [-0.1, -0.05) is 6.07 Å². The van der Waals surface area contributed by atoms with Gasteiger partial charge < -0.3 is 24.3 Å². The Hall–Kier alpha value is -3.85. The van der Waals surface area contributed by atoms with Crippen LogP contribution in [0.5, 0.6) is 17.2 Å². The van der Waals surface area contributed by atoms with E-state index in [0.29, 0.717) is 35.2 Å². The highest BCUT2D eigenvalue weighted by atomic mass is 32.1. The zero-order valence-electron chi connectivity index (χ0n) is 19.6. The second-order valence-electron chi connectivity index (χ2n) is 7.34. The molecule has 0 aliphatic carbocycles. The number of carbonyl (C=O) groups excluding carboxylic acids is 1. The van der Waals surface area contributed by atoms with E-state index in [-0.39, 0.29) is 5.97 Å². The van der Waals surface area contributed by atoms with Gasteiger partial charge in [-0.2, -0.15) is 0 Å². The maximum absolute atomic E-state index is 12.3. The number of aryl methyl sites for hydroxylation is 1. The van der Waals surface area contributed by atoms with Crippen LogP contribution in [0.3, 0.4) is 0 Å². The first-order chi connectivity index (χ1) is 16.5. The molecule has 0 radical (unpaired) electrons. The highest BCUT2D eigenvalue weighted by Gasteiger charge is 2.18. The number of nitrogens with one attached hydrogen (secondary N) is 1. The molecule has 4 rings (SSSR count). The number of anilines is 2. The fourth-order valence-corrected chi connectivity index (χ4v) is 4.64. The Kier molecular flexibility index (Phi) is 6.83. The summed E-state index contributed by atoms with van der Waals surface area (Å²) < 4.78 is 22.4. The zero-order valence-corrected chi connectivity index (χ0v) is 20.4. The largest absolute Gasteiger partial charge is 0.493 e. The van der Waals surface area contributed by atoms with Crippen molar-refractivity contribution < 1.29 is 23.7 Å². The summed E-state index contributed by atoms with van der Waals surface area (Å²) in [6.45, 7) is 4.12. The molecule has 0 unspecified atom stereocenters. The van der Waals surface area contributed by atoms with E-state index in [0.717, 1.165) is 32.6 Å². The highest BCUT2D eigenvalue weighted by molar-refractivity contribution is 7.18. The van der Waals surface area contributed by atoms with E-state index in [1.165, 1.54) is 17.7 Å². The minimum atomic E-state index is -0.345. The van der Waals surface area contributed by atoms with E-state index in [1.54, 1.807) is 34.3 Å². The van der Waals surface area contributed by atoms with Gasteiger partial charge in [0.25, 0.3) is 0 Å². The zero-order chi connectivity index (χ0) is 24.2. The number of rotatable bonds is 8. The number of hydrogen-bond acceptors (Lipinski definition) is 9. The number of benzene rings is 2. The van der Waals surface area contributed by atoms with Gasteiger partial charge in [-0.15, -0.1) is 11.3 Å². The first-order valence-electron chi connectivity index (χ1n) is 10.6. The van der Waals surface area contributed by atoms with Crippen molar-refractivity contribution in [3.8, 4) is 28.4 Å².